The summed E-state index contributed by atoms with van der Waals surface area (Å²) in [6.45, 7) is 3.41. The number of nitrogens with zero attached hydrogens (tertiary/aromatic N) is 1. The Hall–Kier alpha value is -0.570. The van der Waals surface area contributed by atoms with E-state index in [1.54, 1.807) is 6.92 Å². The highest BCUT2D eigenvalue weighted by atomic mass is 16.7. The number of hydrogen-bond donors (Lipinski definition) is 0. The first-order chi connectivity index (χ1) is 2.91. The molecule has 0 atom stereocenters. The first kappa shape index (κ1) is 5.43. The summed E-state index contributed by atoms with van der Waals surface area (Å²) < 4.78 is 0. The Kier molecular flexibility index (Phi) is 4.01. The van der Waals surface area contributed by atoms with Crippen molar-refractivity contribution in [3.8, 4) is 0 Å². The first-order valence-electron chi connectivity index (χ1n) is 1.61. The molecule has 0 rings (SSSR count). The lowest BCUT2D eigenvalue weighted by Crippen LogP contribution is -2.01. The van der Waals surface area contributed by atoms with Crippen LogP contribution in [0, 0.1) is 0 Å². The quantitative estimate of drug-likeness (QED) is 0.347. The summed E-state index contributed by atoms with van der Waals surface area (Å²) in [5, 5.41) is 0. The van der Waals surface area contributed by atoms with Crippen LogP contribution in [0.3, 0.4) is 0 Å². The fourth-order valence-electron chi connectivity index (χ4n) is 0.0909. The third-order valence-electron chi connectivity index (χ3n) is 0.231. The molecule has 0 amide bonds. The second kappa shape index (κ2) is 4.43. The average Bonchev–Trinajstić information content (AvgIpc) is 1.61. The van der Waals surface area contributed by atoms with Crippen LogP contribution in [-0.4, -0.2) is 13.0 Å². The predicted molar refractivity (Wildman–Crippen MR) is 19.5 cm³/mol. The van der Waals surface area contributed by atoms with Gasteiger partial charge in [0.05, 0.1) is 6.54 Å². The number of rotatable bonds is 3. The Balaban J connectivity index is 2.49. The highest BCUT2D eigenvalue weighted by molar-refractivity contribution is 5.37. The van der Waals surface area contributed by atoms with E-state index in [1.807, 2.05) is 0 Å². The van der Waals surface area contributed by atoms with Crippen LogP contribution in [0.25, 0.3) is 0 Å². The zero-order valence-electron chi connectivity index (χ0n) is 3.47. The predicted octanol–water partition coefficient (Wildman–Crippen LogP) is -0.391. The van der Waals surface area contributed by atoms with Crippen LogP contribution in [0.1, 0.15) is 6.92 Å². The molecule has 0 heterocycles. The minimum absolute atomic E-state index is 0.495. The van der Waals surface area contributed by atoms with E-state index < -0.39 is 0 Å². The third kappa shape index (κ3) is 3.43. The van der Waals surface area contributed by atoms with Gasteiger partial charge in [-0.2, -0.15) is 0 Å². The molecule has 0 aromatic carbocycles. The fourth-order valence-corrected chi connectivity index (χ4v) is 0.0909. The molecule has 0 saturated heterocycles. The van der Waals surface area contributed by atoms with Crippen molar-refractivity contribution in [2.45, 2.75) is 6.92 Å². The van der Waals surface area contributed by atoms with Crippen molar-refractivity contribution in [1.82, 2.24) is 5.48 Å². The van der Waals surface area contributed by atoms with E-state index >= 15 is 0 Å². The van der Waals surface area contributed by atoms with Gasteiger partial charge in [0, 0.05) is 0 Å². The van der Waals surface area contributed by atoms with Gasteiger partial charge in [0.2, 0.25) is 0 Å². The maximum Gasteiger partial charge on any atom is 0.439 e. The number of hydroxylamine groups is 1. The van der Waals surface area contributed by atoms with Crippen LogP contribution in [0.5, 0.6) is 0 Å². The summed E-state index contributed by atoms with van der Waals surface area (Å²) in [4.78, 5) is 12.9. The van der Waals surface area contributed by atoms with Crippen LogP contribution in [-0.2, 0) is 9.63 Å². The van der Waals surface area contributed by atoms with E-state index in [9.17, 15) is 0 Å². The first-order valence-corrected chi connectivity index (χ1v) is 1.61. The van der Waals surface area contributed by atoms with Crippen molar-refractivity contribution in [2.75, 3.05) is 6.54 Å². The minimum Gasteiger partial charge on any atom is -0.340 e. The van der Waals surface area contributed by atoms with Gasteiger partial charge in [-0.1, -0.05) is 0 Å². The zero-order chi connectivity index (χ0) is 4.83. The normalized spacial score (nSPS) is 7.50. The van der Waals surface area contributed by atoms with Crippen molar-refractivity contribution in [2.24, 2.45) is 0 Å². The standard InChI is InChI=1S/C3H5NO2/c1-2-4-6-3-5/h2H2,1H3. The van der Waals surface area contributed by atoms with E-state index in [0.717, 1.165) is 6.47 Å². The van der Waals surface area contributed by atoms with E-state index in [-0.39, 0.29) is 0 Å². The second-order valence-electron chi connectivity index (χ2n) is 0.620. The molecule has 0 unspecified atom stereocenters. The summed E-state index contributed by atoms with van der Waals surface area (Å²) in [5.41, 5.74) is 3.17. The molecule has 0 aliphatic heterocycles. The van der Waals surface area contributed by atoms with E-state index in [4.69, 9.17) is 4.79 Å². The lowest BCUT2D eigenvalue weighted by Gasteiger charge is -1.82. The Morgan fingerprint density at radius 3 is 2.83 bits per heavy atom. The Bertz CT molecular complexity index is 37.8. The van der Waals surface area contributed by atoms with Crippen LogP contribution in [0.2, 0.25) is 0 Å². The summed E-state index contributed by atoms with van der Waals surface area (Å²) in [5.74, 6) is 0. The van der Waals surface area contributed by atoms with Gasteiger partial charge in [-0.15, -0.1) is 0 Å². The van der Waals surface area contributed by atoms with Crippen LogP contribution >= 0.6 is 0 Å². The Morgan fingerprint density at radius 1 is 2.00 bits per heavy atom. The van der Waals surface area contributed by atoms with E-state index in [2.05, 4.69) is 10.3 Å². The van der Waals surface area contributed by atoms with Crippen molar-refractivity contribution in [1.29, 1.82) is 0 Å². The highest BCUT2D eigenvalue weighted by Crippen LogP contribution is 1.54. The average molecular weight is 87.1 g/mol. The molecule has 0 aromatic heterocycles. The molecule has 0 bridgehead atoms. The summed E-state index contributed by atoms with van der Waals surface area (Å²) in [6.07, 6.45) is 0. The zero-order valence-corrected chi connectivity index (χ0v) is 3.47. The molecule has 3 heteroatoms. The Labute approximate surface area is 36.2 Å². The molecule has 3 nitrogen and oxygen atoms in total. The molecule has 0 spiro atoms. The number of carbonyl (C=O) groups excluding carboxylic acids is 1. The van der Waals surface area contributed by atoms with Gasteiger partial charge < -0.3 is 4.84 Å². The topological polar surface area (TPSA) is 40.4 Å². The molecule has 0 aromatic rings. The summed E-state index contributed by atoms with van der Waals surface area (Å²) >= 11 is 0. The molecule has 34 valence electrons. The van der Waals surface area contributed by atoms with Crippen LogP contribution in [0.4, 0.5) is 0 Å². The molecular weight excluding hydrogens is 82.0 g/mol. The molecule has 0 fully saturated rings. The lowest BCUT2D eigenvalue weighted by molar-refractivity contribution is 0.165. The Morgan fingerprint density at radius 2 is 2.67 bits per heavy atom. The van der Waals surface area contributed by atoms with Gasteiger partial charge in [-0.3, -0.25) is 0 Å². The van der Waals surface area contributed by atoms with Crippen molar-refractivity contribution in [3.63, 3.8) is 0 Å². The van der Waals surface area contributed by atoms with Crippen molar-refractivity contribution < 1.29 is 9.63 Å². The largest absolute Gasteiger partial charge is 0.439 e. The summed E-state index contributed by atoms with van der Waals surface area (Å²) in [7, 11) is 0. The van der Waals surface area contributed by atoms with Gasteiger partial charge >= 0.3 is 6.47 Å². The van der Waals surface area contributed by atoms with Gasteiger partial charge in [0.15, 0.2) is 0 Å². The molecule has 0 saturated carbocycles. The molecule has 0 aliphatic rings. The molecule has 2 radical (unpaired) electrons. The SMILES string of the molecule is CC[N]O[C]=O. The van der Waals surface area contributed by atoms with Gasteiger partial charge in [0.1, 0.15) is 0 Å². The molecule has 6 heavy (non-hydrogen) atoms. The maximum absolute atomic E-state index is 9.12. The lowest BCUT2D eigenvalue weighted by atomic mass is 10.8. The molecule has 0 N–H and O–H groups in total. The molecular formula is C3H5NO2. The smallest absolute Gasteiger partial charge is 0.340 e. The maximum atomic E-state index is 9.12. The summed E-state index contributed by atoms with van der Waals surface area (Å²) in [6, 6.07) is 0. The van der Waals surface area contributed by atoms with Gasteiger partial charge in [-0.25, -0.2) is 4.79 Å². The van der Waals surface area contributed by atoms with Crippen molar-refractivity contribution in [3.05, 3.63) is 0 Å². The third-order valence-corrected chi connectivity index (χ3v) is 0.231. The second-order valence-corrected chi connectivity index (χ2v) is 0.620. The molecule has 0 aliphatic carbocycles. The highest BCUT2D eigenvalue weighted by Gasteiger charge is 1.74. The van der Waals surface area contributed by atoms with Gasteiger partial charge in [0.25, 0.3) is 0 Å². The van der Waals surface area contributed by atoms with Gasteiger partial charge in [-0.05, 0) is 12.4 Å². The van der Waals surface area contributed by atoms with Crippen LogP contribution < -0.4 is 5.48 Å². The monoisotopic (exact) mass is 87.0 g/mol. The fraction of sp³-hybridized carbons (Fsp3) is 0.667. The van der Waals surface area contributed by atoms with Crippen molar-refractivity contribution >= 4 is 6.47 Å². The minimum atomic E-state index is 0.495. The van der Waals surface area contributed by atoms with E-state index in [0.29, 0.717) is 6.54 Å². The van der Waals surface area contributed by atoms with E-state index in [1.165, 1.54) is 0 Å². The number of hydrogen-bond acceptors (Lipinski definition) is 2. The van der Waals surface area contributed by atoms with Crippen LogP contribution in [0.15, 0.2) is 0 Å².